The van der Waals surface area contributed by atoms with Gasteiger partial charge >= 0.3 is 0 Å². The van der Waals surface area contributed by atoms with Crippen LogP contribution in [-0.4, -0.2) is 26.3 Å². The van der Waals surface area contributed by atoms with Crippen LogP contribution in [0.4, 0.5) is 0 Å². The molecule has 5 aliphatic carbocycles. The van der Waals surface area contributed by atoms with Crippen LogP contribution in [-0.2, 0) is 11.3 Å². The molecule has 11 atom stereocenters. The van der Waals surface area contributed by atoms with Crippen molar-refractivity contribution >= 4 is 5.78 Å². The SMILES string of the molecule is C[C@@H]1[C@@H]2[C@@H](C(=O)Cn3ccc(C#N)n3)[C@@]3(C)CC[C@H]4[C@@H](CC[C@@H]5C[C@](C)(O)CC[C@@H]54)[C@@H]3[C@@]21C. The molecular formula is C28H39N3O2. The lowest BCUT2D eigenvalue weighted by atomic mass is 9.46. The zero-order valence-electron chi connectivity index (χ0n) is 20.6. The van der Waals surface area contributed by atoms with Crippen molar-refractivity contribution in [3.8, 4) is 6.07 Å². The summed E-state index contributed by atoms with van der Waals surface area (Å²) in [5.41, 5.74) is 0.282. The standard InChI is InChI=1S/C28H39N3O2/c1-16-23-24(22(32)15-31-12-9-18(14-29)30-31)27(3)11-8-20-19-7-10-26(2,33)13-17(19)5-6-21(20)25(27)28(16,23)4/h9,12,16-17,19-21,23-25,33H,5-8,10-11,13,15H2,1-4H3/t16-,17-,19+,20-,21-,23-,24-,25+,26-,27-,28-/m1/s1. The minimum absolute atomic E-state index is 0.0857. The molecule has 0 aliphatic heterocycles. The van der Waals surface area contributed by atoms with Gasteiger partial charge in [-0.25, -0.2) is 0 Å². The lowest BCUT2D eigenvalue weighted by Crippen LogP contribution is -2.53. The number of carbonyl (C=O) groups excluding carboxylic acids is 1. The molecule has 0 amide bonds. The number of hydrogen-bond donors (Lipinski definition) is 1. The molecule has 5 aliphatic rings. The molecule has 5 nitrogen and oxygen atoms in total. The predicted octanol–water partition coefficient (Wildman–Crippen LogP) is 4.84. The van der Waals surface area contributed by atoms with Crippen LogP contribution in [0.25, 0.3) is 0 Å². The van der Waals surface area contributed by atoms with Crippen LogP contribution in [0.2, 0.25) is 0 Å². The highest BCUT2D eigenvalue weighted by Gasteiger charge is 2.80. The second kappa shape index (κ2) is 6.94. The summed E-state index contributed by atoms with van der Waals surface area (Å²) in [6.45, 7) is 9.67. The monoisotopic (exact) mass is 449 g/mol. The minimum Gasteiger partial charge on any atom is -0.390 e. The van der Waals surface area contributed by atoms with Crippen molar-refractivity contribution in [1.82, 2.24) is 9.78 Å². The van der Waals surface area contributed by atoms with Gasteiger partial charge in [0.15, 0.2) is 11.5 Å². The van der Waals surface area contributed by atoms with E-state index in [9.17, 15) is 9.90 Å². The fraction of sp³-hybridized carbons (Fsp3) is 0.821. The average molecular weight is 450 g/mol. The summed E-state index contributed by atoms with van der Waals surface area (Å²) in [5.74, 6) is 5.15. The summed E-state index contributed by atoms with van der Waals surface area (Å²) in [4.78, 5) is 13.8. The Labute approximate surface area is 197 Å². The second-order valence-corrected chi connectivity index (χ2v) is 13.2. The molecule has 0 spiro atoms. The molecule has 0 aromatic carbocycles. The Kier molecular flexibility index (Phi) is 4.59. The van der Waals surface area contributed by atoms with Gasteiger partial charge in [0, 0.05) is 12.1 Å². The lowest BCUT2D eigenvalue weighted by Gasteiger charge is -2.59. The van der Waals surface area contributed by atoms with Gasteiger partial charge in [-0.3, -0.25) is 9.48 Å². The van der Waals surface area contributed by atoms with E-state index in [-0.39, 0.29) is 16.7 Å². The molecular weight excluding hydrogens is 410 g/mol. The topological polar surface area (TPSA) is 78.9 Å². The van der Waals surface area contributed by atoms with Gasteiger partial charge in [-0.2, -0.15) is 10.4 Å². The van der Waals surface area contributed by atoms with Crippen LogP contribution in [0.3, 0.4) is 0 Å². The molecule has 5 saturated carbocycles. The van der Waals surface area contributed by atoms with E-state index in [0.717, 1.165) is 37.0 Å². The molecule has 5 fully saturated rings. The van der Waals surface area contributed by atoms with Crippen LogP contribution < -0.4 is 0 Å². The first-order valence-electron chi connectivity index (χ1n) is 13.3. The van der Waals surface area contributed by atoms with Crippen LogP contribution in [0, 0.1) is 69.5 Å². The lowest BCUT2D eigenvalue weighted by molar-refractivity contribution is -0.139. The van der Waals surface area contributed by atoms with E-state index in [1.54, 1.807) is 16.9 Å². The van der Waals surface area contributed by atoms with Gasteiger partial charge in [0.1, 0.15) is 6.07 Å². The van der Waals surface area contributed by atoms with E-state index in [0.29, 0.717) is 41.7 Å². The average Bonchev–Trinajstić information content (AvgIpc) is 3.08. The zero-order valence-corrected chi connectivity index (χ0v) is 20.6. The molecule has 1 aromatic rings. The number of hydrogen-bond acceptors (Lipinski definition) is 4. The number of Topliss-reactive ketones (excluding diaryl/α,β-unsaturated/α-hetero) is 1. The Balaban J connectivity index is 1.28. The molecule has 33 heavy (non-hydrogen) atoms. The highest BCUT2D eigenvalue weighted by atomic mass is 16.3. The van der Waals surface area contributed by atoms with Gasteiger partial charge in [0.05, 0.1) is 12.1 Å². The number of ketones is 1. The van der Waals surface area contributed by atoms with Gasteiger partial charge in [0.2, 0.25) is 0 Å². The first kappa shape index (κ1) is 21.8. The number of nitriles is 1. The smallest absolute Gasteiger partial charge is 0.162 e. The Morgan fingerprint density at radius 2 is 1.94 bits per heavy atom. The van der Waals surface area contributed by atoms with Crippen molar-refractivity contribution in [2.75, 3.05) is 0 Å². The Bertz CT molecular complexity index is 1020. The van der Waals surface area contributed by atoms with Gasteiger partial charge in [-0.15, -0.1) is 0 Å². The second-order valence-electron chi connectivity index (χ2n) is 13.2. The van der Waals surface area contributed by atoms with Crippen LogP contribution in [0.15, 0.2) is 12.3 Å². The van der Waals surface area contributed by atoms with E-state index >= 15 is 0 Å². The number of nitrogens with zero attached hydrogens (tertiary/aromatic N) is 3. The van der Waals surface area contributed by atoms with Crippen molar-refractivity contribution in [1.29, 1.82) is 5.26 Å². The number of carbonyl (C=O) groups is 1. The van der Waals surface area contributed by atoms with Gasteiger partial charge in [0.25, 0.3) is 0 Å². The number of aliphatic hydroxyl groups is 1. The molecule has 6 rings (SSSR count). The summed E-state index contributed by atoms with van der Waals surface area (Å²) in [7, 11) is 0. The zero-order chi connectivity index (χ0) is 23.3. The number of rotatable bonds is 3. The van der Waals surface area contributed by atoms with Crippen molar-refractivity contribution in [2.45, 2.75) is 84.8 Å². The van der Waals surface area contributed by atoms with Crippen molar-refractivity contribution in [3.05, 3.63) is 18.0 Å². The highest BCUT2D eigenvalue weighted by molar-refractivity contribution is 5.83. The van der Waals surface area contributed by atoms with Crippen LogP contribution in [0.1, 0.15) is 78.3 Å². The van der Waals surface area contributed by atoms with Gasteiger partial charge < -0.3 is 5.11 Å². The van der Waals surface area contributed by atoms with Crippen LogP contribution in [0.5, 0.6) is 0 Å². The van der Waals surface area contributed by atoms with Crippen molar-refractivity contribution in [3.63, 3.8) is 0 Å². The molecule has 0 bridgehead atoms. The third-order valence-corrected chi connectivity index (χ3v) is 11.7. The summed E-state index contributed by atoms with van der Waals surface area (Å²) >= 11 is 0. The first-order valence-corrected chi connectivity index (χ1v) is 13.3. The minimum atomic E-state index is -0.470. The Morgan fingerprint density at radius 1 is 1.18 bits per heavy atom. The normalized spacial score (nSPS) is 52.1. The maximum Gasteiger partial charge on any atom is 0.162 e. The number of aromatic nitrogens is 2. The molecule has 1 heterocycles. The Hall–Kier alpha value is -1.67. The van der Waals surface area contributed by atoms with Gasteiger partial charge in [-0.1, -0.05) is 20.8 Å². The fourth-order valence-corrected chi connectivity index (χ4v) is 10.5. The maximum atomic E-state index is 13.8. The number of fused-ring (bicyclic) bond motifs is 7. The van der Waals surface area contributed by atoms with E-state index in [2.05, 4.69) is 31.9 Å². The molecule has 0 radical (unpaired) electrons. The molecule has 5 heteroatoms. The third kappa shape index (κ3) is 2.92. The molecule has 178 valence electrons. The fourth-order valence-electron chi connectivity index (χ4n) is 10.5. The Morgan fingerprint density at radius 3 is 2.67 bits per heavy atom. The van der Waals surface area contributed by atoms with E-state index in [4.69, 9.17) is 5.26 Å². The van der Waals surface area contributed by atoms with Crippen molar-refractivity contribution < 1.29 is 9.90 Å². The molecule has 0 unspecified atom stereocenters. The summed E-state index contributed by atoms with van der Waals surface area (Å²) in [5, 5.41) is 24.1. The van der Waals surface area contributed by atoms with E-state index in [1.165, 1.54) is 25.7 Å². The van der Waals surface area contributed by atoms with Crippen molar-refractivity contribution in [2.24, 2.45) is 58.2 Å². The predicted molar refractivity (Wildman–Crippen MR) is 125 cm³/mol. The molecule has 1 N–H and O–H groups in total. The largest absolute Gasteiger partial charge is 0.390 e. The first-order chi connectivity index (χ1) is 15.6. The third-order valence-electron chi connectivity index (χ3n) is 11.7. The summed E-state index contributed by atoms with van der Waals surface area (Å²) < 4.78 is 1.67. The quantitative estimate of drug-likeness (QED) is 0.716. The summed E-state index contributed by atoms with van der Waals surface area (Å²) in [6.07, 6.45) is 9.84. The molecule has 0 saturated heterocycles. The van der Waals surface area contributed by atoms with E-state index in [1.807, 2.05) is 6.92 Å². The molecule has 1 aromatic heterocycles. The maximum absolute atomic E-state index is 13.8. The van der Waals surface area contributed by atoms with Gasteiger partial charge in [-0.05, 0) is 110 Å². The van der Waals surface area contributed by atoms with Crippen LogP contribution >= 0.6 is 0 Å². The van der Waals surface area contributed by atoms with E-state index < -0.39 is 5.60 Å². The summed E-state index contributed by atoms with van der Waals surface area (Å²) in [6, 6.07) is 3.77. The highest BCUT2D eigenvalue weighted by Crippen LogP contribution is 2.83.